The Bertz CT molecular complexity index is 747. The lowest BCUT2D eigenvalue weighted by Gasteiger charge is -2.51. The van der Waals surface area contributed by atoms with E-state index >= 15 is 8.78 Å². The van der Waals surface area contributed by atoms with Gasteiger partial charge < -0.3 is 9.84 Å². The first-order valence-corrected chi connectivity index (χ1v) is 10.0. The predicted molar refractivity (Wildman–Crippen MR) is 97.8 cm³/mol. The van der Waals surface area contributed by atoms with Crippen molar-refractivity contribution < 1.29 is 23.4 Å². The van der Waals surface area contributed by atoms with E-state index in [1.165, 1.54) is 12.7 Å². The maximum atomic E-state index is 15.1. The highest BCUT2D eigenvalue weighted by atomic mass is 19.3. The van der Waals surface area contributed by atoms with Crippen molar-refractivity contribution >= 4 is 5.97 Å². The zero-order chi connectivity index (χ0) is 19.4. The number of ether oxygens (including phenoxy) is 1. The first kappa shape index (κ1) is 18.7. The maximum absolute atomic E-state index is 15.1. The summed E-state index contributed by atoms with van der Waals surface area (Å²) in [6, 6.07) is 5.53. The number of benzene rings is 1. The fraction of sp³-hybridized carbons (Fsp3) is 0.682. The number of alkyl halides is 2. The first-order valence-electron chi connectivity index (χ1n) is 10.0. The number of aromatic hydroxyl groups is 1. The van der Waals surface area contributed by atoms with Crippen LogP contribution in [-0.2, 0) is 16.0 Å². The molecule has 3 aliphatic rings. The summed E-state index contributed by atoms with van der Waals surface area (Å²) in [5.74, 6) is -2.44. The van der Waals surface area contributed by atoms with Gasteiger partial charge in [-0.2, -0.15) is 0 Å². The van der Waals surface area contributed by atoms with Gasteiger partial charge in [0.15, 0.2) is 0 Å². The molecule has 0 heterocycles. The molecule has 4 rings (SSSR count). The van der Waals surface area contributed by atoms with Gasteiger partial charge in [0.1, 0.15) is 5.75 Å². The van der Waals surface area contributed by atoms with Gasteiger partial charge >= 0.3 is 5.97 Å². The van der Waals surface area contributed by atoms with Gasteiger partial charge in [-0.25, -0.2) is 8.78 Å². The van der Waals surface area contributed by atoms with E-state index in [2.05, 4.69) is 0 Å². The third kappa shape index (κ3) is 2.85. The number of methoxy groups -OCH3 is 1. The molecule has 0 aromatic heterocycles. The van der Waals surface area contributed by atoms with Crippen LogP contribution in [0.2, 0.25) is 0 Å². The molecule has 0 spiro atoms. The monoisotopic (exact) mass is 378 g/mol. The molecule has 3 nitrogen and oxygen atoms in total. The maximum Gasteiger partial charge on any atom is 0.305 e. The molecule has 0 aliphatic heterocycles. The molecule has 0 radical (unpaired) electrons. The molecule has 0 bridgehead atoms. The molecular formula is C22H28F2O3. The SMILES string of the molecule is COC(=O)CCC1CC(F)(F)C2(C)CCC3c4ccc(O)cc4CCC3C12. The second-order valence-electron chi connectivity index (χ2n) is 8.96. The van der Waals surface area contributed by atoms with E-state index in [1.54, 1.807) is 13.0 Å². The van der Waals surface area contributed by atoms with Crippen molar-refractivity contribution in [3.8, 4) is 5.75 Å². The summed E-state index contributed by atoms with van der Waals surface area (Å²) in [6.07, 6.45) is 3.57. The minimum atomic E-state index is -2.68. The lowest BCUT2D eigenvalue weighted by molar-refractivity contribution is -0.141. The summed E-state index contributed by atoms with van der Waals surface area (Å²) in [7, 11) is 1.35. The Morgan fingerprint density at radius 3 is 2.85 bits per heavy atom. The van der Waals surface area contributed by atoms with Gasteiger partial charge in [0.25, 0.3) is 5.92 Å². The van der Waals surface area contributed by atoms with Gasteiger partial charge in [-0.05, 0) is 79.0 Å². The Morgan fingerprint density at radius 2 is 2.11 bits per heavy atom. The van der Waals surface area contributed by atoms with Crippen LogP contribution in [0, 0.1) is 23.2 Å². The summed E-state index contributed by atoms with van der Waals surface area (Å²) >= 11 is 0. The molecule has 148 valence electrons. The topological polar surface area (TPSA) is 46.5 Å². The molecule has 0 amide bonds. The highest BCUT2D eigenvalue weighted by Gasteiger charge is 2.67. The summed E-state index contributed by atoms with van der Waals surface area (Å²) in [4.78, 5) is 11.6. The van der Waals surface area contributed by atoms with Crippen LogP contribution >= 0.6 is 0 Å². The summed E-state index contributed by atoms with van der Waals surface area (Å²) in [5.41, 5.74) is 1.41. The van der Waals surface area contributed by atoms with Crippen molar-refractivity contribution in [1.29, 1.82) is 0 Å². The van der Waals surface area contributed by atoms with Gasteiger partial charge in [-0.1, -0.05) is 13.0 Å². The second kappa shape index (κ2) is 6.46. The van der Waals surface area contributed by atoms with E-state index < -0.39 is 11.3 Å². The third-order valence-corrected chi connectivity index (χ3v) is 7.77. The van der Waals surface area contributed by atoms with Crippen molar-refractivity contribution in [2.45, 2.75) is 63.7 Å². The Labute approximate surface area is 159 Å². The lowest BCUT2D eigenvalue weighted by atomic mass is 9.53. The van der Waals surface area contributed by atoms with Crippen LogP contribution in [0.4, 0.5) is 8.78 Å². The van der Waals surface area contributed by atoms with E-state index in [4.69, 9.17) is 4.74 Å². The van der Waals surface area contributed by atoms with Gasteiger partial charge in [0.05, 0.1) is 7.11 Å². The summed E-state index contributed by atoms with van der Waals surface area (Å²) in [5, 5.41) is 9.79. The molecule has 3 aliphatic carbocycles. The number of esters is 1. The quantitative estimate of drug-likeness (QED) is 0.748. The largest absolute Gasteiger partial charge is 0.508 e. The number of rotatable bonds is 3. The lowest BCUT2D eigenvalue weighted by Crippen LogP contribution is -2.47. The molecule has 5 unspecified atom stereocenters. The number of phenols is 1. The van der Waals surface area contributed by atoms with E-state index in [0.29, 0.717) is 12.8 Å². The summed E-state index contributed by atoms with van der Waals surface area (Å²) < 4.78 is 34.9. The second-order valence-corrected chi connectivity index (χ2v) is 8.96. The molecule has 2 fully saturated rings. The highest BCUT2D eigenvalue weighted by molar-refractivity contribution is 5.69. The van der Waals surface area contributed by atoms with E-state index in [0.717, 1.165) is 24.8 Å². The van der Waals surface area contributed by atoms with E-state index in [-0.39, 0.29) is 48.2 Å². The Balaban J connectivity index is 1.66. The van der Waals surface area contributed by atoms with Gasteiger partial charge in [-0.3, -0.25) is 4.79 Å². The molecule has 1 aromatic rings. The Morgan fingerprint density at radius 1 is 1.33 bits per heavy atom. The van der Waals surface area contributed by atoms with Crippen LogP contribution < -0.4 is 0 Å². The fourth-order valence-corrected chi connectivity index (χ4v) is 6.49. The first-order chi connectivity index (χ1) is 12.8. The third-order valence-electron chi connectivity index (χ3n) is 7.77. The van der Waals surface area contributed by atoms with Crippen molar-refractivity contribution in [3.63, 3.8) is 0 Å². The number of phenolic OH excluding ortho intramolecular Hbond substituents is 1. The van der Waals surface area contributed by atoms with Crippen molar-refractivity contribution in [2.24, 2.45) is 23.2 Å². The molecule has 1 N–H and O–H groups in total. The minimum absolute atomic E-state index is 0.0714. The molecular weight excluding hydrogens is 350 g/mol. The van der Waals surface area contributed by atoms with Gasteiger partial charge in [0.2, 0.25) is 0 Å². The number of hydrogen-bond donors (Lipinski definition) is 1. The summed E-state index contributed by atoms with van der Waals surface area (Å²) in [6.45, 7) is 1.78. The van der Waals surface area contributed by atoms with Crippen LogP contribution in [0.3, 0.4) is 0 Å². The number of hydrogen-bond acceptors (Lipinski definition) is 3. The number of aryl methyl sites for hydroxylation is 1. The van der Waals surface area contributed by atoms with E-state index in [9.17, 15) is 9.90 Å². The van der Waals surface area contributed by atoms with Crippen LogP contribution in [0.25, 0.3) is 0 Å². The Hall–Kier alpha value is -1.65. The average molecular weight is 378 g/mol. The predicted octanol–water partition coefficient (Wildman–Crippen LogP) is 5.06. The number of carbonyl (C=O) groups is 1. The number of fused-ring (bicyclic) bond motifs is 5. The van der Waals surface area contributed by atoms with Crippen molar-refractivity contribution in [2.75, 3.05) is 7.11 Å². The molecule has 2 saturated carbocycles. The number of carbonyl (C=O) groups excluding carboxylic acids is 1. The minimum Gasteiger partial charge on any atom is -0.508 e. The molecule has 5 atom stereocenters. The molecule has 5 heteroatoms. The standard InChI is InChI=1S/C22H28F2O3/c1-21-10-9-17-16-7-5-15(25)11-13(16)3-6-18(17)20(21)14(12-22(21,23)24)4-8-19(26)27-2/h5,7,11,14,17-18,20,25H,3-4,6,8-10,12H2,1-2H3. The van der Waals surface area contributed by atoms with E-state index in [1.807, 2.05) is 12.1 Å². The average Bonchev–Trinajstić information content (AvgIpc) is 2.84. The highest BCUT2D eigenvalue weighted by Crippen LogP contribution is 2.68. The van der Waals surface area contributed by atoms with Crippen molar-refractivity contribution in [3.05, 3.63) is 29.3 Å². The molecule has 1 aromatic carbocycles. The zero-order valence-electron chi connectivity index (χ0n) is 16.0. The normalized spacial score (nSPS) is 36.4. The van der Waals surface area contributed by atoms with Crippen LogP contribution in [0.1, 0.15) is 62.5 Å². The van der Waals surface area contributed by atoms with Crippen molar-refractivity contribution in [1.82, 2.24) is 0 Å². The smallest absolute Gasteiger partial charge is 0.305 e. The van der Waals surface area contributed by atoms with Crippen LogP contribution in [0.5, 0.6) is 5.75 Å². The number of halogens is 2. The zero-order valence-corrected chi connectivity index (χ0v) is 16.0. The fourth-order valence-electron chi connectivity index (χ4n) is 6.49. The molecule has 27 heavy (non-hydrogen) atoms. The molecule has 0 saturated heterocycles. The Kier molecular flexibility index (Phi) is 4.47. The van der Waals surface area contributed by atoms with Crippen LogP contribution in [-0.4, -0.2) is 24.1 Å². The van der Waals surface area contributed by atoms with Crippen LogP contribution in [0.15, 0.2) is 18.2 Å². The van der Waals surface area contributed by atoms with Gasteiger partial charge in [0, 0.05) is 18.3 Å². The van der Waals surface area contributed by atoms with Gasteiger partial charge in [-0.15, -0.1) is 0 Å².